The lowest BCUT2D eigenvalue weighted by Crippen LogP contribution is -2.57. The number of aliphatic hydroxyl groups excluding tert-OH is 1. The van der Waals surface area contributed by atoms with E-state index in [1.807, 2.05) is 19.9 Å². The molecule has 10 N–H and O–H groups in total. The second-order valence-electron chi connectivity index (χ2n) is 16.8. The number of phenols is 1. The molecule has 0 fully saturated rings. The maximum absolute atomic E-state index is 13.2. The third-order valence-electron chi connectivity index (χ3n) is 10.6. The molecule has 0 saturated heterocycles. The summed E-state index contributed by atoms with van der Waals surface area (Å²) < 4.78 is 0. The van der Waals surface area contributed by atoms with Crippen LogP contribution in [0.1, 0.15) is 135 Å². The Morgan fingerprint density at radius 2 is 1.13 bits per heavy atom. The number of carboxylic acid groups (broad SMARTS) is 1. The topological polar surface area (TPSA) is 266 Å². The Hall–Kier alpha value is -5.51. The van der Waals surface area contributed by atoms with E-state index in [0.717, 1.165) is 69.8 Å². The molecule has 0 saturated carbocycles. The van der Waals surface area contributed by atoms with Gasteiger partial charge in [0.1, 0.15) is 29.9 Å². The van der Waals surface area contributed by atoms with Crippen LogP contribution in [0.5, 0.6) is 5.75 Å². The number of unbranched alkanes of at least 4 members (excludes halogenated alkanes) is 11. The minimum atomic E-state index is -1.27. The standard InChI is InChI=1S/C47H72N6O10/c1-32(2)28-37(44(59)49-27-26-35-22-19-23-36(55)29-35)51-46(61)43(33(3)54)53-42(58)25-18-13-11-9-7-5-4-6-8-10-12-17-24-41(57)50-38(31-40(48)56)45(60)52-39(47(62)63)30-34-20-15-14-16-21-34/h14-16,19-23,29,32-33,37-39,43,54-55H,4-13,17-18,24-28,30-31H2,1-3H3,(H2,48,56)(H,49,59)(H,50,57)(H,51,61)(H,52,60)(H,53,58)(H,62,63)/t33?,37-,38-,39+,43-/m1/s1. The van der Waals surface area contributed by atoms with E-state index in [0.29, 0.717) is 37.8 Å². The quantitative estimate of drug-likeness (QED) is 0.0464. The van der Waals surface area contributed by atoms with Gasteiger partial charge in [0, 0.05) is 25.8 Å². The summed E-state index contributed by atoms with van der Waals surface area (Å²) in [6, 6.07) is 11.0. The smallest absolute Gasteiger partial charge is 0.326 e. The van der Waals surface area contributed by atoms with Gasteiger partial charge in [-0.05, 0) is 61.8 Å². The van der Waals surface area contributed by atoms with Crippen molar-refractivity contribution in [1.29, 1.82) is 0 Å². The molecule has 0 aliphatic rings. The highest BCUT2D eigenvalue weighted by atomic mass is 16.4. The summed E-state index contributed by atoms with van der Waals surface area (Å²) in [5, 5.41) is 42.8. The van der Waals surface area contributed by atoms with Crippen LogP contribution < -0.4 is 32.3 Å². The van der Waals surface area contributed by atoms with Crippen LogP contribution in [0.3, 0.4) is 0 Å². The lowest BCUT2D eigenvalue weighted by atomic mass is 10.0. The molecule has 2 rings (SSSR count). The molecule has 0 heterocycles. The number of carbonyl (C=O) groups is 7. The zero-order chi connectivity index (χ0) is 46.6. The molecule has 63 heavy (non-hydrogen) atoms. The molecular weight excluding hydrogens is 809 g/mol. The number of aliphatic carboxylic acids is 1. The van der Waals surface area contributed by atoms with Crippen LogP contribution in [0.25, 0.3) is 0 Å². The van der Waals surface area contributed by atoms with E-state index >= 15 is 0 Å². The first-order valence-electron chi connectivity index (χ1n) is 22.5. The lowest BCUT2D eigenvalue weighted by molar-refractivity contribution is -0.142. The van der Waals surface area contributed by atoms with Gasteiger partial charge in [-0.15, -0.1) is 0 Å². The largest absolute Gasteiger partial charge is 0.508 e. The van der Waals surface area contributed by atoms with Crippen molar-refractivity contribution in [2.24, 2.45) is 11.7 Å². The second-order valence-corrected chi connectivity index (χ2v) is 16.8. The van der Waals surface area contributed by atoms with Crippen LogP contribution in [0.2, 0.25) is 0 Å². The summed E-state index contributed by atoms with van der Waals surface area (Å²) in [5.74, 6) is -4.32. The van der Waals surface area contributed by atoms with Crippen molar-refractivity contribution in [2.45, 2.75) is 167 Å². The van der Waals surface area contributed by atoms with Crippen LogP contribution in [-0.2, 0) is 46.4 Å². The summed E-state index contributed by atoms with van der Waals surface area (Å²) in [7, 11) is 0. The molecule has 5 atom stereocenters. The van der Waals surface area contributed by atoms with E-state index in [4.69, 9.17) is 5.73 Å². The molecule has 0 aliphatic heterocycles. The van der Waals surface area contributed by atoms with Gasteiger partial charge in [0.15, 0.2) is 0 Å². The average molecular weight is 881 g/mol. The molecule has 0 radical (unpaired) electrons. The Morgan fingerprint density at radius 3 is 1.63 bits per heavy atom. The highest BCUT2D eigenvalue weighted by Gasteiger charge is 2.31. The molecule has 350 valence electrons. The molecule has 0 spiro atoms. The predicted molar refractivity (Wildman–Crippen MR) is 240 cm³/mol. The van der Waals surface area contributed by atoms with Gasteiger partial charge in [-0.2, -0.15) is 0 Å². The number of carboxylic acids is 1. The van der Waals surface area contributed by atoms with E-state index in [-0.39, 0.29) is 42.7 Å². The Labute approximate surface area is 372 Å². The van der Waals surface area contributed by atoms with Gasteiger partial charge in [-0.25, -0.2) is 4.79 Å². The second kappa shape index (κ2) is 30.5. The van der Waals surface area contributed by atoms with E-state index in [1.54, 1.807) is 48.5 Å². The summed E-state index contributed by atoms with van der Waals surface area (Å²) in [5.41, 5.74) is 6.87. The molecule has 6 amide bonds. The number of primary amides is 1. The number of hydrogen-bond acceptors (Lipinski definition) is 9. The van der Waals surface area contributed by atoms with Crippen LogP contribution >= 0.6 is 0 Å². The number of carbonyl (C=O) groups excluding carboxylic acids is 6. The van der Waals surface area contributed by atoms with Gasteiger partial charge in [0.25, 0.3) is 0 Å². The maximum Gasteiger partial charge on any atom is 0.326 e. The zero-order valence-corrected chi connectivity index (χ0v) is 37.4. The molecule has 1 unspecified atom stereocenters. The fourth-order valence-corrected chi connectivity index (χ4v) is 7.12. The highest BCUT2D eigenvalue weighted by Crippen LogP contribution is 2.15. The number of aliphatic hydroxyl groups is 1. The first kappa shape index (κ1) is 53.6. The number of nitrogens with one attached hydrogen (secondary N) is 5. The lowest BCUT2D eigenvalue weighted by Gasteiger charge is -2.25. The SMILES string of the molecule is CC(C)C[C@@H](NC(=O)[C@H](NC(=O)CCCCCCCCCCCCCCC(=O)N[C@H](CC(N)=O)C(=O)N[C@@H](Cc1ccccc1)C(=O)O)C(C)O)C(=O)NCCc1cccc(O)c1. The van der Waals surface area contributed by atoms with Crippen molar-refractivity contribution < 1.29 is 48.9 Å². The number of hydrogen-bond donors (Lipinski definition) is 9. The van der Waals surface area contributed by atoms with Crippen molar-refractivity contribution in [3.05, 3.63) is 65.7 Å². The molecule has 0 bridgehead atoms. The van der Waals surface area contributed by atoms with Gasteiger partial charge in [-0.1, -0.05) is 121 Å². The van der Waals surface area contributed by atoms with Crippen LogP contribution in [0, 0.1) is 5.92 Å². The monoisotopic (exact) mass is 881 g/mol. The minimum absolute atomic E-state index is 0.0388. The van der Waals surface area contributed by atoms with Crippen LogP contribution in [-0.4, -0.2) is 93.5 Å². The predicted octanol–water partition coefficient (Wildman–Crippen LogP) is 4.08. The van der Waals surface area contributed by atoms with Gasteiger partial charge >= 0.3 is 5.97 Å². The fourth-order valence-electron chi connectivity index (χ4n) is 7.12. The summed E-state index contributed by atoms with van der Waals surface area (Å²) in [4.78, 5) is 87.8. The number of rotatable bonds is 33. The molecule has 16 heteroatoms. The number of nitrogens with two attached hydrogens (primary N) is 1. The van der Waals surface area contributed by atoms with Crippen molar-refractivity contribution in [3.63, 3.8) is 0 Å². The van der Waals surface area contributed by atoms with Crippen molar-refractivity contribution in [2.75, 3.05) is 6.54 Å². The number of benzene rings is 2. The number of aromatic hydroxyl groups is 1. The fraction of sp³-hybridized carbons (Fsp3) is 0.596. The molecule has 16 nitrogen and oxygen atoms in total. The summed E-state index contributed by atoms with van der Waals surface area (Å²) in [6.45, 7) is 5.60. The van der Waals surface area contributed by atoms with E-state index < -0.39 is 66.3 Å². The number of amides is 6. The first-order valence-corrected chi connectivity index (χ1v) is 22.5. The third kappa shape index (κ3) is 24.1. The normalized spacial score (nSPS) is 13.5. The van der Waals surface area contributed by atoms with Gasteiger partial charge < -0.3 is 47.6 Å². The van der Waals surface area contributed by atoms with Crippen LogP contribution in [0.15, 0.2) is 54.6 Å². The van der Waals surface area contributed by atoms with Crippen molar-refractivity contribution >= 4 is 41.4 Å². The highest BCUT2D eigenvalue weighted by molar-refractivity contribution is 5.94. The average Bonchev–Trinajstić information content (AvgIpc) is 3.22. The Bertz CT molecular complexity index is 1720. The Morgan fingerprint density at radius 1 is 0.603 bits per heavy atom. The molecule has 2 aromatic carbocycles. The number of phenolic OH excluding ortho intramolecular Hbond substituents is 1. The maximum atomic E-state index is 13.2. The van der Waals surface area contributed by atoms with Gasteiger partial charge in [0.2, 0.25) is 35.4 Å². The van der Waals surface area contributed by atoms with Crippen molar-refractivity contribution in [3.8, 4) is 5.75 Å². The van der Waals surface area contributed by atoms with Crippen LogP contribution in [0.4, 0.5) is 0 Å². The Kier molecular flexibility index (Phi) is 26.0. The molecular formula is C47H72N6O10. The Balaban J connectivity index is 1.57. The van der Waals surface area contributed by atoms with E-state index in [1.165, 1.54) is 6.92 Å². The third-order valence-corrected chi connectivity index (χ3v) is 10.6. The van der Waals surface area contributed by atoms with E-state index in [2.05, 4.69) is 26.6 Å². The van der Waals surface area contributed by atoms with E-state index in [9.17, 15) is 48.9 Å². The molecule has 2 aromatic rings. The van der Waals surface area contributed by atoms with Crippen molar-refractivity contribution in [1.82, 2.24) is 26.6 Å². The molecule has 0 aliphatic carbocycles. The van der Waals surface area contributed by atoms with Gasteiger partial charge in [0.05, 0.1) is 12.5 Å². The zero-order valence-electron chi connectivity index (χ0n) is 37.4. The minimum Gasteiger partial charge on any atom is -0.508 e. The molecule has 0 aromatic heterocycles. The van der Waals surface area contributed by atoms with Gasteiger partial charge in [-0.3, -0.25) is 28.8 Å². The summed E-state index contributed by atoms with van der Waals surface area (Å²) in [6.07, 6.45) is 11.0. The first-order chi connectivity index (χ1) is 30.0. The summed E-state index contributed by atoms with van der Waals surface area (Å²) >= 11 is 0.